The predicted molar refractivity (Wildman–Crippen MR) is 101 cm³/mol. The van der Waals surface area contributed by atoms with E-state index in [4.69, 9.17) is 4.42 Å². The molecule has 1 atom stereocenters. The molecule has 3 heterocycles. The Morgan fingerprint density at radius 2 is 1.96 bits per heavy atom. The second kappa shape index (κ2) is 7.70. The summed E-state index contributed by atoms with van der Waals surface area (Å²) in [7, 11) is 0. The molecule has 1 amide bonds. The van der Waals surface area contributed by atoms with Crippen LogP contribution in [0, 0.1) is 0 Å². The van der Waals surface area contributed by atoms with E-state index in [0.717, 1.165) is 29.8 Å². The molecule has 0 radical (unpaired) electrons. The third-order valence-corrected chi connectivity index (χ3v) is 5.04. The molecule has 4 rings (SSSR count). The zero-order valence-electron chi connectivity index (χ0n) is 14.7. The van der Waals surface area contributed by atoms with Gasteiger partial charge in [0.25, 0.3) is 5.91 Å². The van der Waals surface area contributed by atoms with E-state index in [-0.39, 0.29) is 11.9 Å². The number of amides is 1. The Morgan fingerprint density at radius 1 is 1.12 bits per heavy atom. The largest absolute Gasteiger partial charge is 0.468 e. The molecule has 1 aromatic carbocycles. The third kappa shape index (κ3) is 3.48. The van der Waals surface area contributed by atoms with Gasteiger partial charge in [0.15, 0.2) is 0 Å². The number of fused-ring (bicyclic) bond motifs is 1. The molecule has 0 saturated carbocycles. The Labute approximate surface area is 153 Å². The molecule has 3 aromatic rings. The monoisotopic (exact) mass is 349 g/mol. The number of nitrogens with zero attached hydrogens (tertiary/aromatic N) is 2. The first kappa shape index (κ1) is 16.8. The highest BCUT2D eigenvalue weighted by Gasteiger charge is 2.25. The van der Waals surface area contributed by atoms with Crippen molar-refractivity contribution in [2.75, 3.05) is 19.6 Å². The number of rotatable bonds is 5. The van der Waals surface area contributed by atoms with Gasteiger partial charge in [-0.2, -0.15) is 0 Å². The summed E-state index contributed by atoms with van der Waals surface area (Å²) < 4.78 is 5.65. The van der Waals surface area contributed by atoms with Crippen LogP contribution in [-0.2, 0) is 0 Å². The molecule has 5 nitrogen and oxygen atoms in total. The van der Waals surface area contributed by atoms with Crippen molar-refractivity contribution in [2.45, 2.75) is 25.3 Å². The predicted octanol–water partition coefficient (Wildman–Crippen LogP) is 3.78. The molecule has 134 valence electrons. The lowest BCUT2D eigenvalue weighted by molar-refractivity contribution is 0.0915. The number of para-hydroxylation sites is 1. The SMILES string of the molecule is O=C(NCC(c1ccco1)N1CCCCC1)c1cccc2cccnc12. The lowest BCUT2D eigenvalue weighted by Crippen LogP contribution is -2.40. The topological polar surface area (TPSA) is 58.4 Å². The molecular formula is C21H23N3O2. The number of benzene rings is 1. The number of piperidine rings is 1. The van der Waals surface area contributed by atoms with E-state index >= 15 is 0 Å². The van der Waals surface area contributed by atoms with E-state index in [1.54, 1.807) is 12.5 Å². The van der Waals surface area contributed by atoms with Gasteiger partial charge in [0, 0.05) is 18.1 Å². The first-order valence-electron chi connectivity index (χ1n) is 9.22. The van der Waals surface area contributed by atoms with Crippen LogP contribution in [0.15, 0.2) is 59.3 Å². The van der Waals surface area contributed by atoms with Gasteiger partial charge >= 0.3 is 0 Å². The fourth-order valence-corrected chi connectivity index (χ4v) is 3.69. The van der Waals surface area contributed by atoms with Gasteiger partial charge in [0.05, 0.1) is 23.4 Å². The molecule has 2 aromatic heterocycles. The Balaban J connectivity index is 1.52. The number of likely N-dealkylation sites (tertiary alicyclic amines) is 1. The van der Waals surface area contributed by atoms with Gasteiger partial charge in [-0.25, -0.2) is 0 Å². The Morgan fingerprint density at radius 3 is 2.77 bits per heavy atom. The summed E-state index contributed by atoms with van der Waals surface area (Å²) >= 11 is 0. The van der Waals surface area contributed by atoms with Crippen molar-refractivity contribution in [3.8, 4) is 0 Å². The van der Waals surface area contributed by atoms with Crippen LogP contribution in [0.1, 0.15) is 41.4 Å². The van der Waals surface area contributed by atoms with Crippen LogP contribution < -0.4 is 5.32 Å². The van der Waals surface area contributed by atoms with Gasteiger partial charge in [0.2, 0.25) is 0 Å². The van der Waals surface area contributed by atoms with Crippen LogP contribution >= 0.6 is 0 Å². The minimum Gasteiger partial charge on any atom is -0.468 e. The highest BCUT2D eigenvalue weighted by atomic mass is 16.3. The van der Waals surface area contributed by atoms with E-state index in [1.165, 1.54) is 19.3 Å². The number of carbonyl (C=O) groups excluding carboxylic acids is 1. The Hall–Kier alpha value is -2.66. The van der Waals surface area contributed by atoms with Crippen molar-refractivity contribution in [1.29, 1.82) is 0 Å². The van der Waals surface area contributed by atoms with E-state index in [2.05, 4.69) is 15.2 Å². The molecule has 1 N–H and O–H groups in total. The smallest absolute Gasteiger partial charge is 0.253 e. The molecule has 1 fully saturated rings. The summed E-state index contributed by atoms with van der Waals surface area (Å²) in [6.07, 6.45) is 7.08. The molecule has 0 bridgehead atoms. The van der Waals surface area contributed by atoms with Gasteiger partial charge in [-0.3, -0.25) is 14.7 Å². The fraction of sp³-hybridized carbons (Fsp3) is 0.333. The molecule has 0 spiro atoms. The van der Waals surface area contributed by atoms with E-state index in [1.807, 2.05) is 42.5 Å². The molecule has 5 heteroatoms. The van der Waals surface area contributed by atoms with Crippen molar-refractivity contribution in [3.63, 3.8) is 0 Å². The molecular weight excluding hydrogens is 326 g/mol. The average molecular weight is 349 g/mol. The van der Waals surface area contributed by atoms with Gasteiger partial charge in [0.1, 0.15) is 5.76 Å². The normalized spacial score (nSPS) is 16.5. The maximum absolute atomic E-state index is 12.8. The lowest BCUT2D eigenvalue weighted by atomic mass is 10.1. The number of nitrogens with one attached hydrogen (secondary N) is 1. The standard InChI is InChI=1S/C21H23N3O2/c25-21(17-9-4-7-16-8-5-11-22-20(16)17)23-15-18(19-10-6-14-26-19)24-12-2-1-3-13-24/h4-11,14,18H,1-3,12-13,15H2,(H,23,25). The summed E-state index contributed by atoms with van der Waals surface area (Å²) in [4.78, 5) is 19.6. The summed E-state index contributed by atoms with van der Waals surface area (Å²) in [5.41, 5.74) is 1.35. The number of aromatic nitrogens is 1. The highest BCUT2D eigenvalue weighted by Crippen LogP contribution is 2.25. The van der Waals surface area contributed by atoms with E-state index in [9.17, 15) is 4.79 Å². The highest BCUT2D eigenvalue weighted by molar-refractivity contribution is 6.05. The quantitative estimate of drug-likeness (QED) is 0.761. The van der Waals surface area contributed by atoms with Crippen LogP contribution in [-0.4, -0.2) is 35.4 Å². The van der Waals surface area contributed by atoms with E-state index < -0.39 is 0 Å². The molecule has 26 heavy (non-hydrogen) atoms. The van der Waals surface area contributed by atoms with Crippen LogP contribution in [0.4, 0.5) is 0 Å². The molecule has 1 aliphatic heterocycles. The second-order valence-electron chi connectivity index (χ2n) is 6.72. The summed E-state index contributed by atoms with van der Waals surface area (Å²) in [5.74, 6) is 0.811. The third-order valence-electron chi connectivity index (χ3n) is 5.04. The number of pyridine rings is 1. The number of hydrogen-bond donors (Lipinski definition) is 1. The zero-order chi connectivity index (χ0) is 17.8. The zero-order valence-corrected chi connectivity index (χ0v) is 14.7. The number of furan rings is 1. The van der Waals surface area contributed by atoms with Crippen molar-refractivity contribution < 1.29 is 9.21 Å². The maximum Gasteiger partial charge on any atom is 0.253 e. The van der Waals surface area contributed by atoms with Crippen molar-refractivity contribution in [2.24, 2.45) is 0 Å². The molecule has 1 unspecified atom stereocenters. The summed E-state index contributed by atoms with van der Waals surface area (Å²) in [6.45, 7) is 2.60. The van der Waals surface area contributed by atoms with Crippen LogP contribution in [0.5, 0.6) is 0 Å². The van der Waals surface area contributed by atoms with Gasteiger partial charge < -0.3 is 9.73 Å². The fourth-order valence-electron chi connectivity index (χ4n) is 3.69. The van der Waals surface area contributed by atoms with E-state index in [0.29, 0.717) is 12.1 Å². The van der Waals surface area contributed by atoms with Gasteiger partial charge in [-0.05, 0) is 50.2 Å². The summed E-state index contributed by atoms with van der Waals surface area (Å²) in [5, 5.41) is 4.07. The van der Waals surface area contributed by atoms with Crippen molar-refractivity contribution >= 4 is 16.8 Å². The average Bonchev–Trinajstić information content (AvgIpc) is 3.23. The molecule has 0 aliphatic carbocycles. The number of carbonyl (C=O) groups is 1. The Kier molecular flexibility index (Phi) is 4.97. The van der Waals surface area contributed by atoms with Crippen LogP contribution in [0.2, 0.25) is 0 Å². The van der Waals surface area contributed by atoms with Crippen LogP contribution in [0.25, 0.3) is 10.9 Å². The van der Waals surface area contributed by atoms with Gasteiger partial charge in [-0.1, -0.05) is 24.6 Å². The number of hydrogen-bond acceptors (Lipinski definition) is 4. The lowest BCUT2D eigenvalue weighted by Gasteiger charge is -2.33. The minimum atomic E-state index is -0.0946. The molecule has 1 saturated heterocycles. The summed E-state index contributed by atoms with van der Waals surface area (Å²) in [6, 6.07) is 13.5. The maximum atomic E-state index is 12.8. The molecule has 1 aliphatic rings. The van der Waals surface area contributed by atoms with Crippen molar-refractivity contribution in [3.05, 3.63) is 66.2 Å². The first-order chi connectivity index (χ1) is 12.8. The van der Waals surface area contributed by atoms with Crippen molar-refractivity contribution in [1.82, 2.24) is 15.2 Å². The first-order valence-corrected chi connectivity index (χ1v) is 9.22. The van der Waals surface area contributed by atoms with Gasteiger partial charge in [-0.15, -0.1) is 0 Å². The second-order valence-corrected chi connectivity index (χ2v) is 6.72. The minimum absolute atomic E-state index is 0.0668. The van der Waals surface area contributed by atoms with Crippen LogP contribution in [0.3, 0.4) is 0 Å². The Bertz CT molecular complexity index is 865.